The molecule has 5 nitrogen and oxygen atoms in total. The molecule has 2 aliphatic rings. The van der Waals surface area contributed by atoms with Crippen LogP contribution in [0.1, 0.15) is 51.4 Å². The summed E-state index contributed by atoms with van der Waals surface area (Å²) in [5, 5.41) is 12.3. The maximum atomic E-state index is 11.3. The lowest BCUT2D eigenvalue weighted by atomic mass is 9.86. The van der Waals surface area contributed by atoms with Gasteiger partial charge in [0.1, 0.15) is 0 Å². The number of aromatic nitrogens is 2. The Kier molecular flexibility index (Phi) is 5.74. The molecule has 1 aromatic carbocycles. The second-order valence-electron chi connectivity index (χ2n) is 7.84. The predicted octanol–water partition coefficient (Wildman–Crippen LogP) is 6.56. The molecule has 1 saturated carbocycles. The van der Waals surface area contributed by atoms with Crippen LogP contribution in [0.2, 0.25) is 10.0 Å². The molecule has 0 spiro atoms. The van der Waals surface area contributed by atoms with Crippen LogP contribution in [0, 0.1) is 16.0 Å². The molecule has 0 atom stereocenters. The van der Waals surface area contributed by atoms with Crippen molar-refractivity contribution in [3.63, 3.8) is 0 Å². The Morgan fingerprint density at radius 2 is 1.93 bits per heavy atom. The molecular formula is C21H23Cl2N3O2. The molecule has 0 N–H and O–H groups in total. The van der Waals surface area contributed by atoms with Gasteiger partial charge in [-0.3, -0.25) is 10.1 Å². The molecule has 7 heteroatoms. The first kappa shape index (κ1) is 19.5. The van der Waals surface area contributed by atoms with Gasteiger partial charge in [-0.2, -0.15) is 0 Å². The Balaban J connectivity index is 1.54. The summed E-state index contributed by atoms with van der Waals surface area (Å²) in [5.74, 6) is 0.741. The largest absolute Gasteiger partial charge is 0.330 e. The van der Waals surface area contributed by atoms with Crippen LogP contribution in [0.5, 0.6) is 0 Å². The highest BCUT2D eigenvalue weighted by atomic mass is 35.5. The van der Waals surface area contributed by atoms with Crippen LogP contribution in [-0.2, 0) is 6.54 Å². The summed E-state index contributed by atoms with van der Waals surface area (Å²) >= 11 is 12.3. The minimum Gasteiger partial charge on any atom is -0.330 e. The fraction of sp³-hybridized carbons (Fsp3) is 0.476. The van der Waals surface area contributed by atoms with Gasteiger partial charge in [0.25, 0.3) is 0 Å². The van der Waals surface area contributed by atoms with Crippen LogP contribution in [0.25, 0.3) is 11.0 Å². The number of aryl methyl sites for hydroxylation is 1. The van der Waals surface area contributed by atoms with Crippen molar-refractivity contribution in [1.82, 2.24) is 9.55 Å². The molecule has 0 unspecified atom stereocenters. The number of hydrogen-bond acceptors (Lipinski definition) is 3. The molecule has 1 aromatic heterocycles. The zero-order valence-electron chi connectivity index (χ0n) is 15.7. The minimum absolute atomic E-state index is 0.235. The molecule has 28 heavy (non-hydrogen) atoms. The highest BCUT2D eigenvalue weighted by molar-refractivity contribution is 6.42. The van der Waals surface area contributed by atoms with Gasteiger partial charge in [0.15, 0.2) is 0 Å². The molecular weight excluding hydrogens is 397 g/mol. The van der Waals surface area contributed by atoms with Crippen LogP contribution in [0.15, 0.2) is 41.4 Å². The van der Waals surface area contributed by atoms with E-state index in [1.807, 2.05) is 12.1 Å². The number of benzene rings is 1. The predicted molar refractivity (Wildman–Crippen MR) is 112 cm³/mol. The number of imidazole rings is 1. The standard InChI is InChI=1S/C21H23Cl2N3O2/c22-18-11-20-21(12-19(18)23)25(13-24-20)8-7-16-10-17(26(27)28)6-5-15(16)9-14-3-1-2-4-14/h6,11-14H,1-5,7-10H2. The van der Waals surface area contributed by atoms with E-state index in [9.17, 15) is 10.1 Å². The van der Waals surface area contributed by atoms with Gasteiger partial charge in [-0.15, -0.1) is 0 Å². The zero-order valence-corrected chi connectivity index (χ0v) is 17.2. The van der Waals surface area contributed by atoms with E-state index in [4.69, 9.17) is 23.2 Å². The van der Waals surface area contributed by atoms with Gasteiger partial charge in [-0.1, -0.05) is 60.0 Å². The lowest BCUT2D eigenvalue weighted by Gasteiger charge is -2.21. The quantitative estimate of drug-likeness (QED) is 0.302. The van der Waals surface area contributed by atoms with Crippen LogP contribution in [-0.4, -0.2) is 14.5 Å². The second-order valence-corrected chi connectivity index (χ2v) is 8.65. The lowest BCUT2D eigenvalue weighted by molar-refractivity contribution is -0.427. The smallest absolute Gasteiger partial charge is 0.246 e. The van der Waals surface area contributed by atoms with Crippen molar-refractivity contribution in [1.29, 1.82) is 0 Å². The monoisotopic (exact) mass is 419 g/mol. The summed E-state index contributed by atoms with van der Waals surface area (Å²) in [4.78, 5) is 15.5. The van der Waals surface area contributed by atoms with E-state index in [1.165, 1.54) is 36.8 Å². The summed E-state index contributed by atoms with van der Waals surface area (Å²) in [6.45, 7) is 0.725. The second kappa shape index (κ2) is 8.26. The van der Waals surface area contributed by atoms with E-state index in [-0.39, 0.29) is 4.92 Å². The Labute approximate surface area is 174 Å². The first-order valence-corrected chi connectivity index (χ1v) is 10.6. The van der Waals surface area contributed by atoms with Gasteiger partial charge in [0.05, 0.1) is 38.8 Å². The molecule has 148 valence electrons. The summed E-state index contributed by atoms with van der Waals surface area (Å²) < 4.78 is 2.06. The zero-order chi connectivity index (χ0) is 19.7. The van der Waals surface area contributed by atoms with Crippen LogP contribution in [0.4, 0.5) is 0 Å². The Hall–Kier alpha value is -1.85. The highest BCUT2D eigenvalue weighted by Crippen LogP contribution is 2.37. The third-order valence-corrected chi connectivity index (χ3v) is 6.76. The van der Waals surface area contributed by atoms with Crippen LogP contribution >= 0.6 is 23.2 Å². The average Bonchev–Trinajstić information content (AvgIpc) is 3.31. The number of fused-ring (bicyclic) bond motifs is 1. The number of allylic oxidation sites excluding steroid dienone is 3. The van der Waals surface area contributed by atoms with E-state index in [1.54, 1.807) is 12.4 Å². The Bertz CT molecular complexity index is 971. The van der Waals surface area contributed by atoms with E-state index in [2.05, 4.69) is 9.55 Å². The molecule has 1 fully saturated rings. The van der Waals surface area contributed by atoms with Crippen molar-refractivity contribution in [3.05, 3.63) is 61.5 Å². The van der Waals surface area contributed by atoms with Crippen molar-refractivity contribution in [3.8, 4) is 0 Å². The summed E-state index contributed by atoms with van der Waals surface area (Å²) in [5.41, 5.74) is 4.71. The van der Waals surface area contributed by atoms with Crippen molar-refractivity contribution >= 4 is 34.2 Å². The van der Waals surface area contributed by atoms with E-state index in [0.717, 1.165) is 36.3 Å². The highest BCUT2D eigenvalue weighted by Gasteiger charge is 2.24. The molecule has 4 rings (SSSR count). The SMILES string of the molecule is O=[N+]([O-])C1=CCC(CC2CCCC2)=C(CCn2cnc3cc(Cl)c(Cl)cc32)C1. The summed E-state index contributed by atoms with van der Waals surface area (Å²) in [6, 6.07) is 3.61. The van der Waals surface area contributed by atoms with Crippen LogP contribution in [0.3, 0.4) is 0 Å². The Morgan fingerprint density at radius 3 is 2.68 bits per heavy atom. The van der Waals surface area contributed by atoms with E-state index < -0.39 is 0 Å². The van der Waals surface area contributed by atoms with Gasteiger partial charge in [-0.05, 0) is 43.4 Å². The Morgan fingerprint density at radius 1 is 1.18 bits per heavy atom. The van der Waals surface area contributed by atoms with Crippen molar-refractivity contribution in [2.45, 2.75) is 57.9 Å². The third kappa shape index (κ3) is 4.11. The third-order valence-electron chi connectivity index (χ3n) is 6.04. The normalized spacial score (nSPS) is 18.1. The minimum atomic E-state index is -0.235. The summed E-state index contributed by atoms with van der Waals surface area (Å²) in [7, 11) is 0. The maximum Gasteiger partial charge on any atom is 0.246 e. The van der Waals surface area contributed by atoms with Gasteiger partial charge >= 0.3 is 0 Å². The van der Waals surface area contributed by atoms with Crippen molar-refractivity contribution in [2.24, 2.45) is 5.92 Å². The fourth-order valence-corrected chi connectivity index (χ4v) is 4.80. The van der Waals surface area contributed by atoms with E-state index in [0.29, 0.717) is 28.6 Å². The van der Waals surface area contributed by atoms with Crippen molar-refractivity contribution < 1.29 is 4.92 Å². The topological polar surface area (TPSA) is 61.0 Å². The van der Waals surface area contributed by atoms with Crippen molar-refractivity contribution in [2.75, 3.05) is 0 Å². The number of nitrogens with zero attached hydrogens (tertiary/aromatic N) is 3. The number of rotatable bonds is 6. The van der Waals surface area contributed by atoms with Gasteiger partial charge < -0.3 is 4.57 Å². The lowest BCUT2D eigenvalue weighted by Crippen LogP contribution is -2.11. The number of nitro groups is 1. The molecule has 0 saturated heterocycles. The van der Waals surface area contributed by atoms with Gasteiger partial charge in [-0.25, -0.2) is 4.98 Å². The first-order chi connectivity index (χ1) is 13.5. The molecule has 2 aromatic rings. The fourth-order valence-electron chi connectivity index (χ4n) is 4.48. The average molecular weight is 420 g/mol. The molecule has 2 aliphatic carbocycles. The van der Waals surface area contributed by atoms with Crippen LogP contribution < -0.4 is 0 Å². The van der Waals surface area contributed by atoms with Gasteiger partial charge in [0.2, 0.25) is 5.70 Å². The molecule has 0 aliphatic heterocycles. The number of hydrogen-bond donors (Lipinski definition) is 0. The maximum absolute atomic E-state index is 11.3. The first-order valence-electron chi connectivity index (χ1n) is 9.84. The molecule has 0 amide bonds. The van der Waals surface area contributed by atoms with E-state index >= 15 is 0 Å². The number of halogens is 2. The molecule has 1 heterocycles. The van der Waals surface area contributed by atoms with Gasteiger partial charge in [0, 0.05) is 6.54 Å². The summed E-state index contributed by atoms with van der Waals surface area (Å²) in [6.07, 6.45) is 11.8. The molecule has 0 bridgehead atoms. The molecule has 0 radical (unpaired) electrons.